The lowest BCUT2D eigenvalue weighted by Gasteiger charge is -2.45. The molecule has 1 aliphatic carbocycles. The van der Waals surface area contributed by atoms with E-state index < -0.39 is 6.04 Å². The number of rotatable bonds is 6. The number of nitrogens with zero attached hydrogens (tertiary/aromatic N) is 2. The van der Waals surface area contributed by atoms with Crippen LogP contribution in [0.1, 0.15) is 61.9 Å². The summed E-state index contributed by atoms with van der Waals surface area (Å²) in [7, 11) is 0. The Balaban J connectivity index is 1.23. The second kappa shape index (κ2) is 8.52. The van der Waals surface area contributed by atoms with Gasteiger partial charge >= 0.3 is 0 Å². The van der Waals surface area contributed by atoms with Gasteiger partial charge in [-0.15, -0.1) is 0 Å². The molecule has 1 saturated carbocycles. The first-order chi connectivity index (χ1) is 15.4. The topological polar surface area (TPSA) is 71.1 Å². The van der Waals surface area contributed by atoms with E-state index in [1.807, 2.05) is 18.2 Å². The van der Waals surface area contributed by atoms with Gasteiger partial charge in [-0.1, -0.05) is 6.58 Å². The zero-order valence-corrected chi connectivity index (χ0v) is 19.0. The minimum Gasteiger partial charge on any atom is -0.489 e. The van der Waals surface area contributed by atoms with Crippen LogP contribution in [-0.2, 0) is 16.1 Å². The van der Waals surface area contributed by atoms with Crippen molar-refractivity contribution in [2.75, 3.05) is 13.1 Å². The molecule has 5 rings (SSSR count). The van der Waals surface area contributed by atoms with Crippen LogP contribution in [0.5, 0.6) is 5.75 Å². The number of hydrogen-bond donors (Lipinski definition) is 1. The molecule has 0 radical (unpaired) electrons. The average Bonchev–Trinajstić information content (AvgIpc) is 3.28. The Hall–Kier alpha value is -2.38. The molecular weight excluding hydrogens is 406 g/mol. The number of hydrogen-bond acceptors (Lipinski definition) is 5. The third kappa shape index (κ3) is 4.04. The van der Waals surface area contributed by atoms with Crippen molar-refractivity contribution in [3.8, 4) is 5.75 Å². The number of fused-ring (bicyclic) bond motifs is 1. The lowest BCUT2D eigenvalue weighted by molar-refractivity contribution is -0.126. The number of nitrogens with one attached hydrogen (secondary N) is 1. The number of carbonyl (C=O) groups is 2. The summed E-state index contributed by atoms with van der Waals surface area (Å²) in [6.07, 6.45) is 5.45. The summed E-state index contributed by atoms with van der Waals surface area (Å²) in [6.45, 7) is 10.4. The van der Waals surface area contributed by atoms with Gasteiger partial charge in [0.05, 0.1) is 12.2 Å². The Labute approximate surface area is 189 Å². The largest absolute Gasteiger partial charge is 0.489 e. The van der Waals surface area contributed by atoms with Crippen LogP contribution in [0.3, 0.4) is 0 Å². The fourth-order valence-electron chi connectivity index (χ4n) is 5.55. The summed E-state index contributed by atoms with van der Waals surface area (Å²) in [4.78, 5) is 29.5. The van der Waals surface area contributed by atoms with Gasteiger partial charge in [-0.3, -0.25) is 14.5 Å². The molecule has 3 heterocycles. The number of allylic oxidation sites excluding steroid dienone is 1. The lowest BCUT2D eigenvalue weighted by atomic mass is 10.0. The highest BCUT2D eigenvalue weighted by molar-refractivity contribution is 6.01. The second-order valence-electron chi connectivity index (χ2n) is 9.81. The standard InChI is InChI=1S/C25H33N3O4/c1-15(2)31-19-13-27(14-19)21-5-4-6-23(21)32-18-8-9-20-17(11-18)12-28(25(20)30)22-10-7-16(3)26-24(22)29/h8-9,11,15,19,21-23H,3-7,10,12-14H2,1-2H3,(H,26,29)/t21-,22?,23-/m0/s1. The minimum atomic E-state index is -0.434. The van der Waals surface area contributed by atoms with Crippen molar-refractivity contribution < 1.29 is 19.1 Å². The predicted molar refractivity (Wildman–Crippen MR) is 120 cm³/mol. The van der Waals surface area contributed by atoms with Gasteiger partial charge in [0.2, 0.25) is 5.91 Å². The number of carbonyl (C=O) groups excluding carboxylic acids is 2. The third-order valence-corrected chi connectivity index (χ3v) is 7.12. The molecule has 4 aliphatic rings. The summed E-state index contributed by atoms with van der Waals surface area (Å²) in [5, 5.41) is 2.79. The molecule has 0 aromatic heterocycles. The fourth-order valence-corrected chi connectivity index (χ4v) is 5.55. The smallest absolute Gasteiger partial charge is 0.255 e. The summed E-state index contributed by atoms with van der Waals surface area (Å²) in [5.74, 6) is 0.601. The predicted octanol–water partition coefficient (Wildman–Crippen LogP) is 2.84. The minimum absolute atomic E-state index is 0.0743. The molecule has 0 spiro atoms. The number of piperidine rings is 1. The SMILES string of the molecule is C=C1CCC(N2Cc3cc(O[C@H]4CCC[C@@H]4N4CC(OC(C)C)C4)ccc3C2=O)C(=O)N1. The van der Waals surface area contributed by atoms with Crippen molar-refractivity contribution >= 4 is 11.8 Å². The van der Waals surface area contributed by atoms with Crippen LogP contribution in [0.4, 0.5) is 0 Å². The Morgan fingerprint density at radius 1 is 1.16 bits per heavy atom. The van der Waals surface area contributed by atoms with Crippen LogP contribution in [0, 0.1) is 0 Å². The molecule has 3 fully saturated rings. The summed E-state index contributed by atoms with van der Waals surface area (Å²) < 4.78 is 12.3. The summed E-state index contributed by atoms with van der Waals surface area (Å²) in [6, 6.07) is 5.73. The maximum Gasteiger partial charge on any atom is 0.255 e. The summed E-state index contributed by atoms with van der Waals surface area (Å²) >= 11 is 0. The van der Waals surface area contributed by atoms with E-state index in [0.717, 1.165) is 42.9 Å². The van der Waals surface area contributed by atoms with Crippen LogP contribution in [0.25, 0.3) is 0 Å². The molecule has 7 nitrogen and oxygen atoms in total. The molecule has 2 saturated heterocycles. The highest BCUT2D eigenvalue weighted by Crippen LogP contribution is 2.35. The molecule has 3 atom stereocenters. The van der Waals surface area contributed by atoms with E-state index >= 15 is 0 Å². The normalized spacial score (nSPS) is 28.8. The van der Waals surface area contributed by atoms with Crippen molar-refractivity contribution in [3.63, 3.8) is 0 Å². The van der Waals surface area contributed by atoms with Crippen molar-refractivity contribution in [2.45, 2.75) is 82.9 Å². The Morgan fingerprint density at radius 3 is 2.72 bits per heavy atom. The molecular formula is C25H33N3O4. The van der Waals surface area contributed by atoms with Gasteiger partial charge < -0.3 is 19.7 Å². The van der Waals surface area contributed by atoms with Crippen LogP contribution in [-0.4, -0.2) is 65.1 Å². The quantitative estimate of drug-likeness (QED) is 0.738. The number of likely N-dealkylation sites (tertiary alicyclic amines) is 1. The van der Waals surface area contributed by atoms with E-state index in [4.69, 9.17) is 9.47 Å². The van der Waals surface area contributed by atoms with E-state index in [1.165, 1.54) is 6.42 Å². The first-order valence-corrected chi connectivity index (χ1v) is 11.9. The average molecular weight is 440 g/mol. The van der Waals surface area contributed by atoms with E-state index in [2.05, 4.69) is 30.6 Å². The zero-order chi connectivity index (χ0) is 22.4. The van der Waals surface area contributed by atoms with Crippen LogP contribution in [0.2, 0.25) is 0 Å². The van der Waals surface area contributed by atoms with Gasteiger partial charge in [0.15, 0.2) is 0 Å². The van der Waals surface area contributed by atoms with E-state index in [9.17, 15) is 9.59 Å². The molecule has 1 N–H and O–H groups in total. The highest BCUT2D eigenvalue weighted by Gasteiger charge is 2.41. The molecule has 1 aromatic carbocycles. The number of ether oxygens (including phenoxy) is 2. The third-order valence-electron chi connectivity index (χ3n) is 7.12. The Morgan fingerprint density at radius 2 is 1.97 bits per heavy atom. The Bertz CT molecular complexity index is 924. The Kier molecular flexibility index (Phi) is 5.72. The molecule has 172 valence electrons. The molecule has 3 aliphatic heterocycles. The second-order valence-corrected chi connectivity index (χ2v) is 9.81. The monoisotopic (exact) mass is 439 g/mol. The van der Waals surface area contributed by atoms with Gasteiger partial charge in [-0.25, -0.2) is 0 Å². The maximum atomic E-state index is 12.9. The first kappa shape index (κ1) is 21.5. The van der Waals surface area contributed by atoms with Crippen LogP contribution >= 0.6 is 0 Å². The maximum absolute atomic E-state index is 12.9. The van der Waals surface area contributed by atoms with Crippen molar-refractivity contribution in [2.24, 2.45) is 0 Å². The number of benzene rings is 1. The lowest BCUT2D eigenvalue weighted by Crippen LogP contribution is -2.59. The van der Waals surface area contributed by atoms with Crippen molar-refractivity contribution in [1.82, 2.24) is 15.1 Å². The van der Waals surface area contributed by atoms with Gasteiger partial charge in [-0.2, -0.15) is 0 Å². The van der Waals surface area contributed by atoms with E-state index in [1.54, 1.807) is 4.90 Å². The van der Waals surface area contributed by atoms with Crippen LogP contribution in [0.15, 0.2) is 30.5 Å². The fraction of sp³-hybridized carbons (Fsp3) is 0.600. The van der Waals surface area contributed by atoms with Gasteiger partial charge in [-0.05, 0) is 69.7 Å². The first-order valence-electron chi connectivity index (χ1n) is 11.9. The van der Waals surface area contributed by atoms with Gasteiger partial charge in [0, 0.05) is 36.9 Å². The molecule has 1 unspecified atom stereocenters. The van der Waals surface area contributed by atoms with E-state index in [0.29, 0.717) is 37.1 Å². The highest BCUT2D eigenvalue weighted by atomic mass is 16.5. The molecule has 2 amide bonds. The zero-order valence-electron chi connectivity index (χ0n) is 19.0. The molecule has 32 heavy (non-hydrogen) atoms. The van der Waals surface area contributed by atoms with Crippen molar-refractivity contribution in [3.05, 3.63) is 41.6 Å². The molecule has 7 heteroatoms. The van der Waals surface area contributed by atoms with Gasteiger partial charge in [0.1, 0.15) is 17.9 Å². The van der Waals surface area contributed by atoms with E-state index in [-0.39, 0.29) is 24.0 Å². The molecule has 0 bridgehead atoms. The number of amides is 2. The molecule has 1 aromatic rings. The van der Waals surface area contributed by atoms with Gasteiger partial charge in [0.25, 0.3) is 5.91 Å². The van der Waals surface area contributed by atoms with Crippen molar-refractivity contribution in [1.29, 1.82) is 0 Å². The van der Waals surface area contributed by atoms with Crippen LogP contribution < -0.4 is 10.1 Å². The summed E-state index contributed by atoms with van der Waals surface area (Å²) in [5.41, 5.74) is 2.34.